The van der Waals surface area contributed by atoms with Crippen LogP contribution in [0.1, 0.15) is 33.4 Å². The molecule has 2 aliphatic rings. The highest BCUT2D eigenvalue weighted by Gasteiger charge is 2.44. The second-order valence-corrected chi connectivity index (χ2v) is 9.79. The van der Waals surface area contributed by atoms with Crippen molar-refractivity contribution in [2.45, 2.75) is 25.0 Å². The SMILES string of the molecule is CN(C)C(=O)c1cccc(-c2ccc3c(c2)[C@H]2[C@H](CCN2Cc2nccs2)[C@@H](CO)N3)c1. The van der Waals surface area contributed by atoms with Crippen molar-refractivity contribution in [3.8, 4) is 11.1 Å². The summed E-state index contributed by atoms with van der Waals surface area (Å²) in [7, 11) is 3.54. The van der Waals surface area contributed by atoms with Gasteiger partial charge in [-0.25, -0.2) is 4.98 Å². The molecule has 3 heterocycles. The lowest BCUT2D eigenvalue weighted by Crippen LogP contribution is -2.41. The van der Waals surface area contributed by atoms with Gasteiger partial charge in [-0.05, 0) is 53.9 Å². The number of carbonyl (C=O) groups excluding carboxylic acids is 1. The third-order valence-electron chi connectivity index (χ3n) is 6.64. The van der Waals surface area contributed by atoms with Crippen LogP contribution < -0.4 is 5.32 Å². The largest absolute Gasteiger partial charge is 0.394 e. The van der Waals surface area contributed by atoms with E-state index in [-0.39, 0.29) is 24.6 Å². The van der Waals surface area contributed by atoms with Gasteiger partial charge in [0.05, 0.1) is 19.2 Å². The number of aliphatic hydroxyl groups excluding tert-OH is 1. The van der Waals surface area contributed by atoms with Crippen molar-refractivity contribution in [3.63, 3.8) is 0 Å². The monoisotopic (exact) mass is 448 g/mol. The van der Waals surface area contributed by atoms with Crippen molar-refractivity contribution in [1.29, 1.82) is 0 Å². The minimum atomic E-state index is 0.00254. The number of aliphatic hydroxyl groups is 1. The van der Waals surface area contributed by atoms with Crippen LogP contribution in [0.5, 0.6) is 0 Å². The van der Waals surface area contributed by atoms with Crippen LogP contribution in [0, 0.1) is 5.92 Å². The molecule has 2 aliphatic heterocycles. The van der Waals surface area contributed by atoms with Crippen LogP contribution in [-0.2, 0) is 6.54 Å². The lowest BCUT2D eigenvalue weighted by atomic mass is 9.82. The van der Waals surface area contributed by atoms with Crippen molar-refractivity contribution >= 4 is 22.9 Å². The number of benzene rings is 2. The molecule has 2 aromatic carbocycles. The van der Waals surface area contributed by atoms with E-state index in [1.165, 1.54) is 5.56 Å². The van der Waals surface area contributed by atoms with E-state index < -0.39 is 0 Å². The van der Waals surface area contributed by atoms with E-state index in [0.717, 1.165) is 41.3 Å². The Bertz CT molecular complexity index is 1110. The summed E-state index contributed by atoms with van der Waals surface area (Å²) in [6, 6.07) is 14.6. The van der Waals surface area contributed by atoms with Crippen LogP contribution >= 0.6 is 11.3 Å². The van der Waals surface area contributed by atoms with Gasteiger partial charge in [0, 0.05) is 48.9 Å². The Morgan fingerprint density at radius 2 is 2.09 bits per heavy atom. The fourth-order valence-corrected chi connectivity index (χ4v) is 5.75. The van der Waals surface area contributed by atoms with Crippen molar-refractivity contribution in [2.75, 3.05) is 32.6 Å². The number of carbonyl (C=O) groups is 1. The Balaban J connectivity index is 1.52. The fourth-order valence-electron chi connectivity index (χ4n) is 5.11. The van der Waals surface area contributed by atoms with E-state index in [2.05, 4.69) is 39.5 Å². The summed E-state index contributed by atoms with van der Waals surface area (Å²) in [5.41, 5.74) is 5.16. The lowest BCUT2D eigenvalue weighted by molar-refractivity contribution is 0.0827. The average molecular weight is 449 g/mol. The number of anilines is 1. The van der Waals surface area contributed by atoms with Gasteiger partial charge in [-0.1, -0.05) is 18.2 Å². The molecule has 1 saturated heterocycles. The molecular formula is C25H28N4O2S. The van der Waals surface area contributed by atoms with Crippen LogP contribution in [0.2, 0.25) is 0 Å². The van der Waals surface area contributed by atoms with Crippen molar-refractivity contribution in [1.82, 2.24) is 14.8 Å². The van der Waals surface area contributed by atoms with Gasteiger partial charge < -0.3 is 15.3 Å². The summed E-state index contributed by atoms with van der Waals surface area (Å²) in [5, 5.41) is 16.8. The number of fused-ring (bicyclic) bond motifs is 3. The second kappa shape index (κ2) is 8.65. The van der Waals surface area contributed by atoms with Crippen molar-refractivity contribution in [3.05, 3.63) is 70.2 Å². The van der Waals surface area contributed by atoms with Gasteiger partial charge in [-0.3, -0.25) is 9.69 Å². The third-order valence-corrected chi connectivity index (χ3v) is 7.41. The first-order valence-electron chi connectivity index (χ1n) is 11.0. The first-order chi connectivity index (χ1) is 15.5. The molecule has 0 bridgehead atoms. The van der Waals surface area contributed by atoms with Crippen molar-refractivity contribution < 1.29 is 9.90 Å². The standard InChI is InChI=1S/C25H28N4O2S/c1-28(2)25(31)18-5-3-4-16(12-18)17-6-7-21-20(13-17)24-19(22(15-30)27-21)8-10-29(24)14-23-26-9-11-32-23/h3-7,9,11-13,19,22,24,27,30H,8,10,14-15H2,1-2H3/t19-,22-,24-/m1/s1. The van der Waals surface area contributed by atoms with Crippen LogP contribution in [0.3, 0.4) is 0 Å². The van der Waals surface area contributed by atoms with E-state index in [1.807, 2.05) is 29.8 Å². The number of hydrogen-bond donors (Lipinski definition) is 2. The van der Waals surface area contributed by atoms with Gasteiger partial charge in [0.1, 0.15) is 5.01 Å². The highest BCUT2D eigenvalue weighted by molar-refractivity contribution is 7.09. The molecule has 0 unspecified atom stereocenters. The first kappa shape index (κ1) is 21.1. The summed E-state index contributed by atoms with van der Waals surface area (Å²) in [5.74, 6) is 0.354. The predicted octanol–water partition coefficient (Wildman–Crippen LogP) is 3.86. The molecule has 7 heteroatoms. The van der Waals surface area contributed by atoms with E-state index in [9.17, 15) is 9.90 Å². The van der Waals surface area contributed by atoms with Gasteiger partial charge in [0.15, 0.2) is 0 Å². The molecule has 1 aromatic heterocycles. The Labute approximate surface area is 192 Å². The van der Waals surface area contributed by atoms with Gasteiger partial charge >= 0.3 is 0 Å². The van der Waals surface area contributed by atoms with Gasteiger partial charge in [0.2, 0.25) is 0 Å². The Morgan fingerprint density at radius 1 is 1.25 bits per heavy atom. The molecule has 6 nitrogen and oxygen atoms in total. The molecule has 0 spiro atoms. The van der Waals surface area contributed by atoms with Crippen LogP contribution in [0.15, 0.2) is 54.0 Å². The minimum Gasteiger partial charge on any atom is -0.394 e. The molecule has 3 atom stereocenters. The molecule has 0 radical (unpaired) electrons. The van der Waals surface area contributed by atoms with Crippen LogP contribution in [0.25, 0.3) is 11.1 Å². The van der Waals surface area contributed by atoms with Gasteiger partial charge in [-0.2, -0.15) is 0 Å². The Morgan fingerprint density at radius 3 is 2.84 bits per heavy atom. The number of amides is 1. The van der Waals surface area contributed by atoms with Crippen LogP contribution in [0.4, 0.5) is 5.69 Å². The molecule has 1 fully saturated rings. The average Bonchev–Trinajstić information content (AvgIpc) is 3.48. The molecule has 2 N–H and O–H groups in total. The highest BCUT2D eigenvalue weighted by Crippen LogP contribution is 2.47. The predicted molar refractivity (Wildman–Crippen MR) is 128 cm³/mol. The third kappa shape index (κ3) is 3.81. The van der Waals surface area contributed by atoms with Crippen LogP contribution in [-0.4, -0.2) is 59.1 Å². The number of likely N-dealkylation sites (tertiary alicyclic amines) is 1. The maximum absolute atomic E-state index is 12.5. The number of thiazole rings is 1. The summed E-state index contributed by atoms with van der Waals surface area (Å²) >= 11 is 1.69. The zero-order valence-electron chi connectivity index (χ0n) is 18.4. The van der Waals surface area contributed by atoms with Gasteiger partial charge in [0.25, 0.3) is 5.91 Å². The van der Waals surface area contributed by atoms with E-state index in [1.54, 1.807) is 30.3 Å². The van der Waals surface area contributed by atoms with E-state index >= 15 is 0 Å². The number of aromatic nitrogens is 1. The highest BCUT2D eigenvalue weighted by atomic mass is 32.1. The van der Waals surface area contributed by atoms with E-state index in [0.29, 0.717) is 11.5 Å². The fraction of sp³-hybridized carbons (Fsp3) is 0.360. The molecular weight excluding hydrogens is 420 g/mol. The lowest BCUT2D eigenvalue weighted by Gasteiger charge is -2.39. The minimum absolute atomic E-state index is 0.00254. The maximum Gasteiger partial charge on any atom is 0.253 e. The molecule has 32 heavy (non-hydrogen) atoms. The summed E-state index contributed by atoms with van der Waals surface area (Å²) in [4.78, 5) is 21.1. The van der Waals surface area contributed by atoms with E-state index in [4.69, 9.17) is 0 Å². The maximum atomic E-state index is 12.5. The Hall–Kier alpha value is -2.74. The molecule has 166 valence electrons. The zero-order chi connectivity index (χ0) is 22.2. The molecule has 0 aliphatic carbocycles. The number of nitrogens with zero attached hydrogens (tertiary/aromatic N) is 3. The summed E-state index contributed by atoms with van der Waals surface area (Å²) < 4.78 is 0. The topological polar surface area (TPSA) is 68.7 Å². The normalized spacial score (nSPS) is 22.2. The first-order valence-corrected chi connectivity index (χ1v) is 11.9. The van der Waals surface area contributed by atoms with Gasteiger partial charge in [-0.15, -0.1) is 11.3 Å². The molecule has 3 aromatic rings. The molecule has 0 saturated carbocycles. The molecule has 5 rings (SSSR count). The summed E-state index contributed by atoms with van der Waals surface area (Å²) in [6.07, 6.45) is 2.91. The summed E-state index contributed by atoms with van der Waals surface area (Å²) in [6.45, 7) is 1.94. The molecule has 1 amide bonds. The quantitative estimate of drug-likeness (QED) is 0.620. The zero-order valence-corrected chi connectivity index (χ0v) is 19.2. The number of rotatable bonds is 5. The number of hydrogen-bond acceptors (Lipinski definition) is 6. The smallest absolute Gasteiger partial charge is 0.253 e. The van der Waals surface area contributed by atoms with Crippen molar-refractivity contribution in [2.24, 2.45) is 5.92 Å². The second-order valence-electron chi connectivity index (χ2n) is 8.81. The Kier molecular flexibility index (Phi) is 5.71. The number of nitrogens with one attached hydrogen (secondary N) is 1.